The third-order valence-electron chi connectivity index (χ3n) is 6.66. The number of piperidine rings is 1. The van der Waals surface area contributed by atoms with Gasteiger partial charge in [-0.05, 0) is 41.5 Å². The molecule has 2 fully saturated rings. The highest BCUT2D eigenvalue weighted by Crippen LogP contribution is 2.30. The van der Waals surface area contributed by atoms with Gasteiger partial charge in [0.1, 0.15) is 0 Å². The van der Waals surface area contributed by atoms with E-state index >= 15 is 0 Å². The highest BCUT2D eigenvalue weighted by molar-refractivity contribution is 5.79. The molecule has 7 nitrogen and oxygen atoms in total. The first-order valence-corrected chi connectivity index (χ1v) is 10.9. The van der Waals surface area contributed by atoms with Crippen LogP contribution >= 0.6 is 0 Å². The van der Waals surface area contributed by atoms with E-state index in [1.165, 1.54) is 29.7 Å². The average molecular weight is 394 g/mol. The van der Waals surface area contributed by atoms with Gasteiger partial charge in [0, 0.05) is 30.0 Å². The number of aromatic nitrogens is 5. The fraction of sp³-hybridized carbons (Fsp3) is 0.545. The number of hydrogen-bond donors (Lipinski definition) is 2. The summed E-state index contributed by atoms with van der Waals surface area (Å²) in [5.74, 6) is 0.964. The van der Waals surface area contributed by atoms with Crippen molar-refractivity contribution in [3.8, 4) is 0 Å². The van der Waals surface area contributed by atoms with Gasteiger partial charge in [0.25, 0.3) is 0 Å². The van der Waals surface area contributed by atoms with Gasteiger partial charge in [-0.1, -0.05) is 31.4 Å². The summed E-state index contributed by atoms with van der Waals surface area (Å²) in [6.45, 7) is 1.85. The fourth-order valence-electron chi connectivity index (χ4n) is 5.08. The van der Waals surface area contributed by atoms with E-state index in [0.717, 1.165) is 55.5 Å². The Kier molecular flexibility index (Phi) is 5.24. The van der Waals surface area contributed by atoms with Crippen molar-refractivity contribution in [2.75, 3.05) is 13.1 Å². The highest BCUT2D eigenvalue weighted by atomic mass is 16.3. The normalized spacial score (nSPS) is 24.6. The Morgan fingerprint density at radius 3 is 2.69 bits per heavy atom. The molecule has 1 saturated heterocycles. The monoisotopic (exact) mass is 393 g/mol. The molecule has 0 unspecified atom stereocenters. The van der Waals surface area contributed by atoms with Crippen LogP contribution in [-0.4, -0.2) is 49.5 Å². The van der Waals surface area contributed by atoms with Gasteiger partial charge in [-0.15, -0.1) is 5.10 Å². The minimum absolute atomic E-state index is 0.0732. The summed E-state index contributed by atoms with van der Waals surface area (Å²) >= 11 is 0. The lowest BCUT2D eigenvalue weighted by atomic mass is 9.94. The van der Waals surface area contributed by atoms with Gasteiger partial charge < -0.3 is 10.0 Å². The van der Waals surface area contributed by atoms with Crippen molar-refractivity contribution in [3.05, 3.63) is 47.9 Å². The predicted molar refractivity (Wildman–Crippen MR) is 109 cm³/mol. The van der Waals surface area contributed by atoms with Gasteiger partial charge in [-0.25, -0.2) is 4.68 Å². The number of hydrogen-bond acceptors (Lipinski definition) is 5. The highest BCUT2D eigenvalue weighted by Gasteiger charge is 2.36. The molecule has 1 aliphatic heterocycles. The molecule has 0 amide bonds. The van der Waals surface area contributed by atoms with Gasteiger partial charge in [0.15, 0.2) is 6.04 Å². The molecule has 1 saturated carbocycles. The number of pyridine rings is 1. The molecular formula is C22H29N6O+. The Balaban J connectivity index is 1.56. The van der Waals surface area contributed by atoms with Gasteiger partial charge in [0.2, 0.25) is 5.82 Å². The summed E-state index contributed by atoms with van der Waals surface area (Å²) in [6, 6.07) is 11.1. The van der Waals surface area contributed by atoms with Crippen molar-refractivity contribution in [1.82, 2.24) is 25.2 Å². The number of likely N-dealkylation sites (tertiary alicyclic amines) is 1. The second kappa shape index (κ2) is 8.16. The summed E-state index contributed by atoms with van der Waals surface area (Å²) in [5, 5.41) is 24.3. The molecule has 29 heavy (non-hydrogen) atoms. The molecule has 1 aliphatic carbocycles. The summed E-state index contributed by atoms with van der Waals surface area (Å²) in [4.78, 5) is 5.91. The van der Waals surface area contributed by atoms with E-state index in [9.17, 15) is 5.11 Å². The summed E-state index contributed by atoms with van der Waals surface area (Å²) in [5.41, 5.74) is 2.23. The van der Waals surface area contributed by atoms with E-state index in [-0.39, 0.29) is 12.1 Å². The molecule has 2 aromatic heterocycles. The van der Waals surface area contributed by atoms with E-state index in [1.54, 1.807) is 0 Å². The molecule has 5 rings (SSSR count). The maximum absolute atomic E-state index is 10.0. The number of aliphatic hydroxyl groups is 1. The van der Waals surface area contributed by atoms with Crippen molar-refractivity contribution in [2.45, 2.75) is 63.1 Å². The zero-order valence-corrected chi connectivity index (χ0v) is 16.7. The second-order valence-corrected chi connectivity index (χ2v) is 8.55. The fourth-order valence-corrected chi connectivity index (χ4v) is 5.08. The number of benzene rings is 1. The molecule has 1 aromatic carbocycles. The summed E-state index contributed by atoms with van der Waals surface area (Å²) < 4.78 is 2.11. The molecule has 2 aliphatic rings. The summed E-state index contributed by atoms with van der Waals surface area (Å²) in [6.07, 6.45) is 9.41. The molecular weight excluding hydrogens is 364 g/mol. The Morgan fingerprint density at radius 1 is 1.03 bits per heavy atom. The second-order valence-electron chi connectivity index (χ2n) is 8.55. The van der Waals surface area contributed by atoms with Crippen LogP contribution in [0.15, 0.2) is 36.5 Å². The minimum atomic E-state index is -0.186. The molecule has 7 heteroatoms. The lowest BCUT2D eigenvalue weighted by Gasteiger charge is -2.33. The van der Waals surface area contributed by atoms with Crippen LogP contribution in [0.2, 0.25) is 0 Å². The maximum Gasteiger partial charge on any atom is 0.214 e. The molecule has 3 heterocycles. The molecule has 0 spiro atoms. The van der Waals surface area contributed by atoms with Crippen LogP contribution < -0.4 is 4.90 Å². The van der Waals surface area contributed by atoms with Crippen molar-refractivity contribution in [2.24, 2.45) is 0 Å². The van der Waals surface area contributed by atoms with E-state index in [0.29, 0.717) is 6.04 Å². The van der Waals surface area contributed by atoms with E-state index in [2.05, 4.69) is 49.5 Å². The summed E-state index contributed by atoms with van der Waals surface area (Å²) in [7, 11) is 0. The molecule has 2 N–H and O–H groups in total. The van der Waals surface area contributed by atoms with Crippen molar-refractivity contribution in [1.29, 1.82) is 0 Å². The molecule has 152 valence electrons. The Morgan fingerprint density at radius 2 is 1.86 bits per heavy atom. The van der Waals surface area contributed by atoms with Gasteiger partial charge >= 0.3 is 0 Å². The number of rotatable bonds is 4. The zero-order chi connectivity index (χ0) is 19.6. The predicted octanol–water partition coefficient (Wildman–Crippen LogP) is 1.86. The molecule has 1 atom stereocenters. The van der Waals surface area contributed by atoms with E-state index in [1.807, 2.05) is 12.3 Å². The third kappa shape index (κ3) is 3.76. The quantitative estimate of drug-likeness (QED) is 0.707. The van der Waals surface area contributed by atoms with Crippen LogP contribution in [0.25, 0.3) is 10.9 Å². The van der Waals surface area contributed by atoms with Crippen LogP contribution in [0.1, 0.15) is 68.4 Å². The Hall–Kier alpha value is -2.38. The lowest BCUT2D eigenvalue weighted by Crippen LogP contribution is -3.13. The van der Waals surface area contributed by atoms with Crippen LogP contribution in [0.3, 0.4) is 0 Å². The van der Waals surface area contributed by atoms with Crippen molar-refractivity contribution in [3.63, 3.8) is 0 Å². The first-order chi connectivity index (χ1) is 14.3. The van der Waals surface area contributed by atoms with E-state index < -0.39 is 0 Å². The Bertz CT molecular complexity index is 959. The maximum atomic E-state index is 10.0. The molecule has 3 aromatic rings. The number of aliphatic hydroxyl groups excluding tert-OH is 1. The van der Waals surface area contributed by atoms with Gasteiger partial charge in [-0.3, -0.25) is 4.98 Å². The smallest absolute Gasteiger partial charge is 0.214 e. The number of nitrogens with one attached hydrogen (secondary N) is 1. The van der Waals surface area contributed by atoms with Crippen molar-refractivity contribution < 1.29 is 10.0 Å². The van der Waals surface area contributed by atoms with E-state index in [4.69, 9.17) is 0 Å². The molecule has 0 radical (unpaired) electrons. The first-order valence-electron chi connectivity index (χ1n) is 10.9. The van der Waals surface area contributed by atoms with Gasteiger partial charge in [-0.2, -0.15) is 0 Å². The number of nitrogens with zero attached hydrogens (tertiary/aromatic N) is 5. The van der Waals surface area contributed by atoms with Crippen LogP contribution in [0.5, 0.6) is 0 Å². The van der Waals surface area contributed by atoms with Crippen LogP contribution in [0, 0.1) is 0 Å². The van der Waals surface area contributed by atoms with Gasteiger partial charge in [0.05, 0.1) is 30.8 Å². The number of tetrazole rings is 1. The zero-order valence-electron chi connectivity index (χ0n) is 16.7. The number of fused-ring (bicyclic) bond motifs is 1. The third-order valence-corrected chi connectivity index (χ3v) is 6.66. The average Bonchev–Trinajstić information content (AvgIpc) is 3.25. The van der Waals surface area contributed by atoms with Crippen LogP contribution in [0.4, 0.5) is 0 Å². The van der Waals surface area contributed by atoms with Crippen LogP contribution in [-0.2, 0) is 0 Å². The minimum Gasteiger partial charge on any atom is -0.393 e. The Labute approximate surface area is 170 Å². The standard InChI is InChI=1S/C22H28N6O/c29-19-10-13-27(14-11-19)21(17-8-9-20-16(15-17)5-4-12-23-20)22-24-25-26-28(22)18-6-2-1-3-7-18/h4-5,8-9,12,15,18-19,21,29H,1-3,6-7,10-11,13-14H2/p+1/t21-/m1/s1. The van der Waals surface area contributed by atoms with Crippen molar-refractivity contribution >= 4 is 10.9 Å². The topological polar surface area (TPSA) is 81.2 Å². The first kappa shape index (κ1) is 18.6. The SMILES string of the molecule is OC1CC[NH+]([C@H](c2ccc3ncccc3c2)c2nnnn2C2CCCCC2)CC1. The number of quaternary nitrogens is 1. The molecule has 0 bridgehead atoms. The lowest BCUT2D eigenvalue weighted by molar-refractivity contribution is -0.932. The largest absolute Gasteiger partial charge is 0.393 e.